The lowest BCUT2D eigenvalue weighted by atomic mass is 10.1. The number of aliphatic hydroxyl groups excluding tert-OH is 1. The first-order valence-corrected chi connectivity index (χ1v) is 9.47. The van der Waals surface area contributed by atoms with Crippen molar-refractivity contribution in [3.63, 3.8) is 0 Å². The zero-order valence-corrected chi connectivity index (χ0v) is 15.1. The number of sulfonamides is 1. The molecule has 9 heteroatoms. The highest BCUT2D eigenvalue weighted by molar-refractivity contribution is 7.89. The molecule has 0 fully saturated rings. The zero-order valence-electron chi connectivity index (χ0n) is 14.2. The quantitative estimate of drug-likeness (QED) is 0.693. The Bertz CT molecular complexity index is 1070. The molecule has 144 valence electrons. The van der Waals surface area contributed by atoms with E-state index in [4.69, 9.17) is 0 Å². The molecule has 1 atom stereocenters. The molecular formula is C18H17F3N2O3S. The van der Waals surface area contributed by atoms with Crippen molar-refractivity contribution < 1.29 is 26.7 Å². The van der Waals surface area contributed by atoms with Gasteiger partial charge in [0.25, 0.3) is 0 Å². The van der Waals surface area contributed by atoms with E-state index in [2.05, 4.69) is 4.72 Å². The summed E-state index contributed by atoms with van der Waals surface area (Å²) in [5.74, 6) is 0. The first-order chi connectivity index (χ1) is 12.6. The number of aryl methyl sites for hydroxylation is 1. The van der Waals surface area contributed by atoms with Crippen LogP contribution in [0.1, 0.15) is 17.2 Å². The van der Waals surface area contributed by atoms with Gasteiger partial charge in [0.05, 0.1) is 16.6 Å². The molecule has 0 spiro atoms. The number of nitrogens with one attached hydrogen (secondary N) is 1. The van der Waals surface area contributed by atoms with E-state index in [1.165, 1.54) is 0 Å². The van der Waals surface area contributed by atoms with Gasteiger partial charge in [-0.3, -0.25) is 0 Å². The van der Waals surface area contributed by atoms with E-state index in [0.29, 0.717) is 11.6 Å². The van der Waals surface area contributed by atoms with E-state index in [1.54, 1.807) is 29.9 Å². The fourth-order valence-corrected chi connectivity index (χ4v) is 3.94. The third-order valence-electron chi connectivity index (χ3n) is 4.23. The molecule has 2 N–H and O–H groups in total. The normalized spacial score (nSPS) is 13.8. The SMILES string of the molecule is Cn1cc([C@@H](O)CNS(=O)(=O)c2cccc(C(F)(F)F)c2)c2ccccc21. The molecule has 0 unspecified atom stereocenters. The number of rotatable bonds is 5. The molecule has 0 saturated heterocycles. The fraction of sp³-hybridized carbons (Fsp3) is 0.222. The van der Waals surface area contributed by atoms with Crippen LogP contribution in [0.3, 0.4) is 0 Å². The van der Waals surface area contributed by atoms with Crippen molar-refractivity contribution >= 4 is 20.9 Å². The van der Waals surface area contributed by atoms with Crippen LogP contribution in [-0.4, -0.2) is 24.6 Å². The van der Waals surface area contributed by atoms with Crippen LogP contribution in [-0.2, 0) is 23.2 Å². The maximum Gasteiger partial charge on any atom is 0.416 e. The molecule has 0 amide bonds. The largest absolute Gasteiger partial charge is 0.416 e. The third-order valence-corrected chi connectivity index (χ3v) is 5.65. The topological polar surface area (TPSA) is 71.3 Å². The zero-order chi connectivity index (χ0) is 19.8. The van der Waals surface area contributed by atoms with Gasteiger partial charge >= 0.3 is 6.18 Å². The number of benzene rings is 2. The van der Waals surface area contributed by atoms with E-state index >= 15 is 0 Å². The van der Waals surface area contributed by atoms with Crippen LogP contribution in [0, 0.1) is 0 Å². The second-order valence-corrected chi connectivity index (χ2v) is 7.87. The Balaban J connectivity index is 1.81. The fourth-order valence-electron chi connectivity index (χ4n) is 2.86. The highest BCUT2D eigenvalue weighted by Crippen LogP contribution is 2.30. The first-order valence-electron chi connectivity index (χ1n) is 7.98. The molecule has 0 saturated carbocycles. The molecular weight excluding hydrogens is 381 g/mol. The molecule has 0 aliphatic carbocycles. The van der Waals surface area contributed by atoms with E-state index in [-0.39, 0.29) is 6.54 Å². The van der Waals surface area contributed by atoms with Crippen LogP contribution in [0.25, 0.3) is 10.9 Å². The minimum absolute atomic E-state index is 0.368. The van der Waals surface area contributed by atoms with Gasteiger partial charge in [-0.15, -0.1) is 0 Å². The summed E-state index contributed by atoms with van der Waals surface area (Å²) in [5.41, 5.74) is 0.340. The van der Waals surface area contributed by atoms with Gasteiger partial charge in [-0.1, -0.05) is 24.3 Å². The van der Waals surface area contributed by atoms with Crippen molar-refractivity contribution in [1.29, 1.82) is 0 Å². The van der Waals surface area contributed by atoms with Crippen LogP contribution in [0.15, 0.2) is 59.6 Å². The lowest BCUT2D eigenvalue weighted by Crippen LogP contribution is -2.28. The number of hydrogen-bond donors (Lipinski definition) is 2. The molecule has 0 aliphatic rings. The smallest absolute Gasteiger partial charge is 0.387 e. The van der Waals surface area contributed by atoms with Crippen LogP contribution in [0.4, 0.5) is 13.2 Å². The van der Waals surface area contributed by atoms with Crippen LogP contribution in [0.2, 0.25) is 0 Å². The molecule has 3 aromatic rings. The Morgan fingerprint density at radius 1 is 1.15 bits per heavy atom. The van der Waals surface area contributed by atoms with Crippen LogP contribution in [0.5, 0.6) is 0 Å². The van der Waals surface area contributed by atoms with Gasteiger partial charge in [0, 0.05) is 36.3 Å². The Morgan fingerprint density at radius 3 is 2.56 bits per heavy atom. The molecule has 1 aromatic heterocycles. The molecule has 0 radical (unpaired) electrons. The predicted octanol–water partition coefficient (Wildman–Crippen LogP) is 3.21. The Kier molecular flexibility index (Phi) is 5.02. The van der Waals surface area contributed by atoms with Crippen LogP contribution < -0.4 is 4.72 Å². The average Bonchev–Trinajstić information content (AvgIpc) is 2.96. The van der Waals surface area contributed by atoms with Crippen molar-refractivity contribution in [2.24, 2.45) is 7.05 Å². The van der Waals surface area contributed by atoms with Gasteiger partial charge in [0.1, 0.15) is 0 Å². The van der Waals surface area contributed by atoms with Crippen molar-refractivity contribution in [3.05, 3.63) is 65.9 Å². The number of nitrogens with zero attached hydrogens (tertiary/aromatic N) is 1. The molecule has 5 nitrogen and oxygen atoms in total. The molecule has 0 bridgehead atoms. The summed E-state index contributed by atoms with van der Waals surface area (Å²) in [6.07, 6.45) is -4.11. The minimum atomic E-state index is -4.64. The number of aliphatic hydroxyl groups is 1. The van der Waals surface area contributed by atoms with E-state index < -0.39 is 32.8 Å². The highest BCUT2D eigenvalue weighted by atomic mass is 32.2. The molecule has 27 heavy (non-hydrogen) atoms. The second-order valence-electron chi connectivity index (χ2n) is 6.11. The molecule has 1 heterocycles. The third kappa shape index (κ3) is 4.00. The standard InChI is InChI=1S/C18H17F3N2O3S/c1-23-11-15(14-7-2-3-8-16(14)23)17(24)10-22-27(25,26)13-6-4-5-12(9-13)18(19,20)21/h2-9,11,17,22,24H,10H2,1H3/t17-/m0/s1. The van der Waals surface area contributed by atoms with Crippen molar-refractivity contribution in [2.45, 2.75) is 17.2 Å². The monoisotopic (exact) mass is 398 g/mol. The van der Waals surface area contributed by atoms with E-state index in [9.17, 15) is 26.7 Å². The summed E-state index contributed by atoms with van der Waals surface area (Å²) >= 11 is 0. The Hall–Kier alpha value is -2.36. The average molecular weight is 398 g/mol. The summed E-state index contributed by atoms with van der Waals surface area (Å²) < 4.78 is 67.0. The van der Waals surface area contributed by atoms with Gasteiger partial charge in [-0.25, -0.2) is 13.1 Å². The minimum Gasteiger partial charge on any atom is -0.387 e. The lowest BCUT2D eigenvalue weighted by molar-refractivity contribution is -0.137. The van der Waals surface area contributed by atoms with Crippen molar-refractivity contribution in [3.8, 4) is 0 Å². The molecule has 0 aliphatic heterocycles. The second kappa shape index (κ2) is 6.99. The van der Waals surface area contributed by atoms with Crippen LogP contribution >= 0.6 is 0 Å². The summed E-state index contributed by atoms with van der Waals surface area (Å²) in [4.78, 5) is -0.512. The summed E-state index contributed by atoms with van der Waals surface area (Å²) in [7, 11) is -2.41. The number of alkyl halides is 3. The van der Waals surface area contributed by atoms with Gasteiger partial charge in [0.2, 0.25) is 10.0 Å². The van der Waals surface area contributed by atoms with Gasteiger partial charge < -0.3 is 9.67 Å². The molecule has 2 aromatic carbocycles. The Morgan fingerprint density at radius 2 is 1.85 bits per heavy atom. The van der Waals surface area contributed by atoms with Crippen molar-refractivity contribution in [2.75, 3.05) is 6.54 Å². The number of para-hydroxylation sites is 1. The van der Waals surface area contributed by atoms with Crippen molar-refractivity contribution in [1.82, 2.24) is 9.29 Å². The summed E-state index contributed by atoms with van der Waals surface area (Å²) in [6.45, 7) is -0.368. The number of fused-ring (bicyclic) bond motifs is 1. The van der Waals surface area contributed by atoms with Gasteiger partial charge in [-0.2, -0.15) is 13.2 Å². The van der Waals surface area contributed by atoms with Gasteiger partial charge in [0.15, 0.2) is 0 Å². The first kappa shape index (κ1) is 19.4. The number of hydrogen-bond acceptors (Lipinski definition) is 3. The van der Waals surface area contributed by atoms with E-state index in [1.807, 2.05) is 12.1 Å². The predicted molar refractivity (Wildman–Crippen MR) is 94.5 cm³/mol. The maximum absolute atomic E-state index is 12.8. The number of halogens is 3. The van der Waals surface area contributed by atoms with E-state index in [0.717, 1.165) is 29.1 Å². The summed E-state index contributed by atoms with van der Waals surface area (Å²) in [6, 6.07) is 10.8. The number of aromatic nitrogens is 1. The summed E-state index contributed by atoms with van der Waals surface area (Å²) in [5, 5.41) is 11.2. The lowest BCUT2D eigenvalue weighted by Gasteiger charge is -2.13. The highest BCUT2D eigenvalue weighted by Gasteiger charge is 2.31. The maximum atomic E-state index is 12.8. The van der Waals surface area contributed by atoms with Gasteiger partial charge in [-0.05, 0) is 24.3 Å². The molecule has 3 rings (SSSR count). The Labute approximate surface area is 154 Å².